The Balaban J connectivity index is 0. The summed E-state index contributed by atoms with van der Waals surface area (Å²) in [6.07, 6.45) is -0.999. The molecule has 0 fully saturated rings. The zero-order valence-corrected chi connectivity index (χ0v) is 9.27. The molecule has 0 aliphatic carbocycles. The van der Waals surface area contributed by atoms with Crippen molar-refractivity contribution in [3.05, 3.63) is 12.2 Å². The second-order valence-electron chi connectivity index (χ2n) is 2.68. The summed E-state index contributed by atoms with van der Waals surface area (Å²) in [7, 11) is -4.74. The number of carbonyl (C=O) groups is 1. The predicted octanol–water partition coefficient (Wildman–Crippen LogP) is 0.234. The average molecular weight is 264 g/mol. The Hall–Kier alpha value is 0.280. The summed E-state index contributed by atoms with van der Waals surface area (Å²) in [5.74, 6) is -0.726. The van der Waals surface area contributed by atoms with E-state index in [1.807, 2.05) is 0 Å². The first-order valence-electron chi connectivity index (χ1n) is 4.03. The van der Waals surface area contributed by atoms with Gasteiger partial charge in [0.05, 0.1) is 0 Å². The second kappa shape index (κ2) is 8.38. The van der Waals surface area contributed by atoms with Gasteiger partial charge in [-0.2, -0.15) is 4.89 Å². The maximum atomic E-state index is 11.0. The number of hydrogen-bond donors (Lipinski definition) is 2. The summed E-state index contributed by atoms with van der Waals surface area (Å²) in [6, 6.07) is 0. The fourth-order valence-corrected chi connectivity index (χ4v) is 0.703. The van der Waals surface area contributed by atoms with Gasteiger partial charge in [0.25, 0.3) is 0 Å². The van der Waals surface area contributed by atoms with Gasteiger partial charge in [-0.1, -0.05) is 13.5 Å². The third-order valence-corrected chi connectivity index (χ3v) is 1.45. The standard InChI is InChI=1S/C7H13O7P.Na.H/c1-4-6(12-7(8)5(2)3)13-14-15(9,10)11;;/h6H,2,4H2,1,3H3,(H2,9,10,11);;. The van der Waals surface area contributed by atoms with E-state index in [2.05, 4.69) is 20.9 Å². The van der Waals surface area contributed by atoms with Crippen molar-refractivity contribution in [3.63, 3.8) is 0 Å². The summed E-state index contributed by atoms with van der Waals surface area (Å²) < 4.78 is 18.6. The Morgan fingerprint density at radius 1 is 1.50 bits per heavy atom. The Morgan fingerprint density at radius 3 is 2.31 bits per heavy atom. The van der Waals surface area contributed by atoms with E-state index in [9.17, 15) is 9.36 Å². The SMILES string of the molecule is C=C(C)C(=O)OC(CC)OOP(=O)(O)O.[NaH]. The molecular weight excluding hydrogens is 250 g/mol. The van der Waals surface area contributed by atoms with Crippen molar-refractivity contribution in [2.75, 3.05) is 0 Å². The van der Waals surface area contributed by atoms with Crippen LogP contribution >= 0.6 is 7.82 Å². The van der Waals surface area contributed by atoms with Crippen LogP contribution in [-0.2, 0) is 23.7 Å². The van der Waals surface area contributed by atoms with E-state index in [4.69, 9.17) is 9.79 Å². The molecule has 0 aromatic heterocycles. The molecule has 90 valence electrons. The topological polar surface area (TPSA) is 102 Å². The first-order valence-corrected chi connectivity index (χ1v) is 5.56. The molecule has 7 nitrogen and oxygen atoms in total. The molecule has 0 spiro atoms. The quantitative estimate of drug-likeness (QED) is 0.135. The van der Waals surface area contributed by atoms with Crippen LogP contribution in [0.4, 0.5) is 0 Å². The van der Waals surface area contributed by atoms with Crippen LogP contribution in [0, 0.1) is 0 Å². The minimum absolute atomic E-state index is 0. The van der Waals surface area contributed by atoms with Crippen LogP contribution in [0.2, 0.25) is 0 Å². The number of esters is 1. The van der Waals surface area contributed by atoms with E-state index in [0.717, 1.165) is 0 Å². The second-order valence-corrected chi connectivity index (χ2v) is 3.82. The molecule has 0 aromatic rings. The molecule has 0 aliphatic heterocycles. The van der Waals surface area contributed by atoms with Gasteiger partial charge in [-0.05, 0) is 6.92 Å². The zero-order valence-electron chi connectivity index (χ0n) is 8.37. The van der Waals surface area contributed by atoms with Crippen molar-refractivity contribution in [3.8, 4) is 0 Å². The van der Waals surface area contributed by atoms with E-state index >= 15 is 0 Å². The summed E-state index contributed by atoms with van der Waals surface area (Å²) in [6.45, 7) is 6.34. The van der Waals surface area contributed by atoms with E-state index in [0.29, 0.717) is 0 Å². The Morgan fingerprint density at radius 2 is 2.00 bits per heavy atom. The fourth-order valence-electron chi connectivity index (χ4n) is 0.495. The molecular formula is C7H14NaO7P. The maximum absolute atomic E-state index is 11.0. The molecule has 0 aliphatic rings. The van der Waals surface area contributed by atoms with Crippen molar-refractivity contribution in [2.24, 2.45) is 0 Å². The van der Waals surface area contributed by atoms with Crippen LogP contribution < -0.4 is 0 Å². The summed E-state index contributed by atoms with van der Waals surface area (Å²) in [5.41, 5.74) is 0.147. The number of ether oxygens (including phenoxy) is 1. The van der Waals surface area contributed by atoms with Crippen molar-refractivity contribution in [2.45, 2.75) is 26.6 Å². The van der Waals surface area contributed by atoms with Gasteiger partial charge in [-0.3, -0.25) is 0 Å². The summed E-state index contributed by atoms with van der Waals surface area (Å²) in [5, 5.41) is 0. The molecule has 1 unspecified atom stereocenters. The third kappa shape index (κ3) is 9.50. The van der Waals surface area contributed by atoms with Crippen LogP contribution in [0.3, 0.4) is 0 Å². The Bertz CT molecular complexity index is 286. The van der Waals surface area contributed by atoms with E-state index in [-0.39, 0.29) is 41.6 Å². The zero-order chi connectivity index (χ0) is 12.1. The fraction of sp³-hybridized carbons (Fsp3) is 0.571. The molecule has 0 aromatic carbocycles. The van der Waals surface area contributed by atoms with Crippen molar-refractivity contribution < 1.29 is 33.4 Å². The molecule has 0 rings (SSSR count). The first kappa shape index (κ1) is 18.6. The van der Waals surface area contributed by atoms with Crippen molar-refractivity contribution in [1.29, 1.82) is 0 Å². The van der Waals surface area contributed by atoms with Crippen LogP contribution in [0.5, 0.6) is 0 Å². The predicted molar refractivity (Wildman–Crippen MR) is 56.3 cm³/mol. The van der Waals surface area contributed by atoms with Crippen LogP contribution in [0.25, 0.3) is 0 Å². The molecule has 2 N–H and O–H groups in total. The number of rotatable bonds is 6. The monoisotopic (exact) mass is 264 g/mol. The first-order chi connectivity index (χ1) is 6.76. The summed E-state index contributed by atoms with van der Waals surface area (Å²) >= 11 is 0. The van der Waals surface area contributed by atoms with Crippen molar-refractivity contribution >= 4 is 43.3 Å². The van der Waals surface area contributed by atoms with Gasteiger partial charge < -0.3 is 14.5 Å². The molecule has 0 bridgehead atoms. The Kier molecular flexibility index (Phi) is 9.77. The molecule has 16 heavy (non-hydrogen) atoms. The van der Waals surface area contributed by atoms with Gasteiger partial charge >= 0.3 is 43.3 Å². The molecule has 1 atom stereocenters. The van der Waals surface area contributed by atoms with Crippen molar-refractivity contribution in [1.82, 2.24) is 0 Å². The molecule has 0 amide bonds. The minimum atomic E-state index is -4.74. The third-order valence-electron chi connectivity index (χ3n) is 1.17. The molecule has 0 heterocycles. The molecule has 0 saturated heterocycles. The Labute approximate surface area is 115 Å². The van der Waals surface area contributed by atoms with Gasteiger partial charge in [0, 0.05) is 12.0 Å². The average Bonchev–Trinajstić information content (AvgIpc) is 2.10. The van der Waals surface area contributed by atoms with Gasteiger partial charge in [-0.25, -0.2) is 9.36 Å². The molecule has 9 heteroatoms. The number of hydrogen-bond acceptors (Lipinski definition) is 5. The number of phosphoric acid groups is 1. The van der Waals surface area contributed by atoms with Crippen LogP contribution in [-0.4, -0.2) is 51.6 Å². The van der Waals surface area contributed by atoms with Gasteiger partial charge in [0.1, 0.15) is 0 Å². The molecule has 0 saturated carbocycles. The van der Waals surface area contributed by atoms with E-state index < -0.39 is 20.1 Å². The molecule has 0 radical (unpaired) electrons. The van der Waals surface area contributed by atoms with E-state index in [1.54, 1.807) is 6.92 Å². The normalized spacial score (nSPS) is 12.5. The van der Waals surface area contributed by atoms with Gasteiger partial charge in [0.15, 0.2) is 0 Å². The van der Waals surface area contributed by atoms with E-state index in [1.165, 1.54) is 6.92 Å². The van der Waals surface area contributed by atoms with Gasteiger partial charge in [0.2, 0.25) is 6.29 Å². The van der Waals surface area contributed by atoms with Crippen LogP contribution in [0.15, 0.2) is 12.2 Å². The van der Waals surface area contributed by atoms with Gasteiger partial charge in [-0.15, -0.1) is 4.67 Å². The summed E-state index contributed by atoms with van der Waals surface area (Å²) in [4.78, 5) is 31.8. The van der Waals surface area contributed by atoms with Crippen LogP contribution in [0.1, 0.15) is 20.3 Å². The number of carbonyl (C=O) groups excluding carboxylic acids is 1.